The Kier molecular flexibility index (Phi) is 9.01. The lowest BCUT2D eigenvalue weighted by Gasteiger charge is -2.21. The average molecular weight is 498 g/mol. The van der Waals surface area contributed by atoms with E-state index in [1.807, 2.05) is 18.2 Å². The Labute approximate surface area is 186 Å². The van der Waals surface area contributed by atoms with Crippen molar-refractivity contribution in [2.24, 2.45) is 10.9 Å². The highest BCUT2D eigenvalue weighted by molar-refractivity contribution is 14.0. The van der Waals surface area contributed by atoms with E-state index in [-0.39, 0.29) is 24.0 Å². The predicted octanol–water partition coefficient (Wildman–Crippen LogP) is 3.40. The summed E-state index contributed by atoms with van der Waals surface area (Å²) in [6.45, 7) is 12.9. The standard InChI is InChI=1S/C21H34N6.HI/c1-5-22-21(26-19-14-27(15(2)3)13-16(19)4)23-12-8-11-20-24-17-9-6-7-10-18(17)25-20;/h6-7,9-10,15-16,19H,5,8,11-14H2,1-4H3,(H,24,25)(H2,22,23,26);1H. The van der Waals surface area contributed by atoms with Crippen LogP contribution in [0.3, 0.4) is 0 Å². The molecule has 2 unspecified atom stereocenters. The van der Waals surface area contributed by atoms with Crippen LogP contribution in [0.15, 0.2) is 29.3 Å². The van der Waals surface area contributed by atoms with Crippen LogP contribution in [-0.4, -0.2) is 59.1 Å². The first-order valence-corrected chi connectivity index (χ1v) is 10.3. The van der Waals surface area contributed by atoms with Crippen LogP contribution in [0, 0.1) is 5.92 Å². The number of para-hydroxylation sites is 2. The van der Waals surface area contributed by atoms with Crippen molar-refractivity contribution >= 4 is 41.0 Å². The number of guanidine groups is 1. The van der Waals surface area contributed by atoms with E-state index in [4.69, 9.17) is 4.99 Å². The third kappa shape index (κ3) is 6.07. The van der Waals surface area contributed by atoms with Gasteiger partial charge in [0.15, 0.2) is 5.96 Å². The molecule has 2 atom stereocenters. The number of imidazole rings is 1. The van der Waals surface area contributed by atoms with E-state index in [0.29, 0.717) is 18.0 Å². The zero-order valence-corrected chi connectivity index (χ0v) is 19.9. The van der Waals surface area contributed by atoms with Gasteiger partial charge >= 0.3 is 0 Å². The number of H-pyrrole nitrogens is 1. The largest absolute Gasteiger partial charge is 0.357 e. The SMILES string of the molecule is CCNC(=NCCCc1nc2ccccc2[nH]1)NC1CN(C(C)C)CC1C.I. The number of aromatic amines is 1. The molecule has 28 heavy (non-hydrogen) atoms. The van der Waals surface area contributed by atoms with Gasteiger partial charge in [0.05, 0.1) is 11.0 Å². The molecule has 1 saturated heterocycles. The zero-order chi connectivity index (χ0) is 19.2. The molecule has 0 radical (unpaired) electrons. The molecule has 1 aromatic carbocycles. The number of aromatic nitrogens is 2. The fraction of sp³-hybridized carbons (Fsp3) is 0.619. The van der Waals surface area contributed by atoms with Gasteiger partial charge in [-0.2, -0.15) is 0 Å². The van der Waals surface area contributed by atoms with E-state index >= 15 is 0 Å². The quantitative estimate of drug-likeness (QED) is 0.237. The number of hydrogen-bond donors (Lipinski definition) is 3. The van der Waals surface area contributed by atoms with E-state index in [2.05, 4.69) is 59.3 Å². The minimum Gasteiger partial charge on any atom is -0.357 e. The van der Waals surface area contributed by atoms with Crippen molar-refractivity contribution in [3.63, 3.8) is 0 Å². The normalized spacial score (nSPS) is 20.5. The zero-order valence-electron chi connectivity index (χ0n) is 17.5. The van der Waals surface area contributed by atoms with Crippen molar-refractivity contribution in [1.29, 1.82) is 0 Å². The maximum absolute atomic E-state index is 4.78. The first-order valence-electron chi connectivity index (χ1n) is 10.3. The molecule has 3 rings (SSSR count). The number of likely N-dealkylation sites (tertiary alicyclic amines) is 1. The molecule has 1 aliphatic rings. The Bertz CT molecular complexity index is 723. The van der Waals surface area contributed by atoms with Crippen molar-refractivity contribution in [3.05, 3.63) is 30.1 Å². The molecular weight excluding hydrogens is 463 g/mol. The number of hydrogen-bond acceptors (Lipinski definition) is 3. The maximum Gasteiger partial charge on any atom is 0.191 e. The Morgan fingerprint density at radius 3 is 2.79 bits per heavy atom. The van der Waals surface area contributed by atoms with E-state index < -0.39 is 0 Å². The van der Waals surface area contributed by atoms with Gasteiger partial charge < -0.3 is 15.6 Å². The number of nitrogens with zero attached hydrogens (tertiary/aromatic N) is 3. The van der Waals surface area contributed by atoms with Gasteiger partial charge in [0.2, 0.25) is 0 Å². The highest BCUT2D eigenvalue weighted by Crippen LogP contribution is 2.18. The predicted molar refractivity (Wildman–Crippen MR) is 129 cm³/mol. The van der Waals surface area contributed by atoms with Crippen molar-refractivity contribution in [1.82, 2.24) is 25.5 Å². The van der Waals surface area contributed by atoms with Crippen molar-refractivity contribution in [2.75, 3.05) is 26.2 Å². The molecule has 0 amide bonds. The second-order valence-corrected chi connectivity index (χ2v) is 7.84. The molecule has 0 bridgehead atoms. The smallest absolute Gasteiger partial charge is 0.191 e. The molecule has 0 aliphatic carbocycles. The summed E-state index contributed by atoms with van der Waals surface area (Å²) in [5, 5.41) is 7.04. The van der Waals surface area contributed by atoms with Gasteiger partial charge in [0.25, 0.3) is 0 Å². The number of fused-ring (bicyclic) bond motifs is 1. The number of aryl methyl sites for hydroxylation is 1. The molecule has 1 aromatic heterocycles. The van der Waals surface area contributed by atoms with Crippen molar-refractivity contribution < 1.29 is 0 Å². The fourth-order valence-corrected chi connectivity index (χ4v) is 3.67. The monoisotopic (exact) mass is 498 g/mol. The van der Waals surface area contributed by atoms with E-state index in [1.54, 1.807) is 0 Å². The molecule has 6 nitrogen and oxygen atoms in total. The Hall–Kier alpha value is -1.35. The molecule has 2 heterocycles. The lowest BCUT2D eigenvalue weighted by atomic mass is 10.1. The van der Waals surface area contributed by atoms with Crippen LogP contribution in [0.25, 0.3) is 11.0 Å². The number of halogens is 1. The van der Waals surface area contributed by atoms with Crippen LogP contribution >= 0.6 is 24.0 Å². The van der Waals surface area contributed by atoms with E-state index in [9.17, 15) is 0 Å². The molecule has 2 aromatic rings. The van der Waals surface area contributed by atoms with Crippen LogP contribution in [0.5, 0.6) is 0 Å². The van der Waals surface area contributed by atoms with Gasteiger partial charge in [-0.25, -0.2) is 4.98 Å². The summed E-state index contributed by atoms with van der Waals surface area (Å²) in [5.41, 5.74) is 2.15. The van der Waals surface area contributed by atoms with Gasteiger partial charge in [-0.1, -0.05) is 19.1 Å². The number of aliphatic imine (C=N–C) groups is 1. The molecule has 0 saturated carbocycles. The van der Waals surface area contributed by atoms with Crippen LogP contribution < -0.4 is 10.6 Å². The molecule has 7 heteroatoms. The lowest BCUT2D eigenvalue weighted by Crippen LogP contribution is -2.46. The first kappa shape index (κ1) is 22.9. The van der Waals surface area contributed by atoms with Gasteiger partial charge in [-0.3, -0.25) is 9.89 Å². The van der Waals surface area contributed by atoms with Crippen molar-refractivity contribution in [3.8, 4) is 0 Å². The molecule has 0 spiro atoms. The number of rotatable bonds is 7. The average Bonchev–Trinajstić information content (AvgIpc) is 3.22. The number of benzene rings is 1. The Morgan fingerprint density at radius 1 is 1.32 bits per heavy atom. The van der Waals surface area contributed by atoms with E-state index in [0.717, 1.165) is 61.8 Å². The summed E-state index contributed by atoms with van der Waals surface area (Å²) in [7, 11) is 0. The van der Waals surface area contributed by atoms with Gasteiger partial charge in [-0.15, -0.1) is 24.0 Å². The number of nitrogens with one attached hydrogen (secondary N) is 3. The molecule has 3 N–H and O–H groups in total. The summed E-state index contributed by atoms with van der Waals surface area (Å²) in [6.07, 6.45) is 1.90. The topological polar surface area (TPSA) is 68.3 Å². The minimum absolute atomic E-state index is 0. The molecule has 1 aliphatic heterocycles. The summed E-state index contributed by atoms with van der Waals surface area (Å²) >= 11 is 0. The van der Waals surface area contributed by atoms with E-state index in [1.165, 1.54) is 0 Å². The summed E-state index contributed by atoms with van der Waals surface area (Å²) < 4.78 is 0. The van der Waals surface area contributed by atoms with Crippen LogP contribution in [0.2, 0.25) is 0 Å². The van der Waals surface area contributed by atoms with Gasteiger partial charge in [-0.05, 0) is 45.2 Å². The highest BCUT2D eigenvalue weighted by atomic mass is 127. The van der Waals surface area contributed by atoms with Crippen LogP contribution in [-0.2, 0) is 6.42 Å². The van der Waals surface area contributed by atoms with Crippen LogP contribution in [0.4, 0.5) is 0 Å². The van der Waals surface area contributed by atoms with Crippen LogP contribution in [0.1, 0.15) is 39.9 Å². The maximum atomic E-state index is 4.78. The Balaban J connectivity index is 0.00000280. The second kappa shape index (κ2) is 11.0. The third-order valence-electron chi connectivity index (χ3n) is 5.32. The summed E-state index contributed by atoms with van der Waals surface area (Å²) in [6, 6.07) is 9.23. The molecular formula is C21H35IN6. The van der Waals surface area contributed by atoms with Gasteiger partial charge in [0.1, 0.15) is 5.82 Å². The highest BCUT2D eigenvalue weighted by Gasteiger charge is 2.31. The third-order valence-corrected chi connectivity index (χ3v) is 5.32. The summed E-state index contributed by atoms with van der Waals surface area (Å²) in [4.78, 5) is 15.4. The minimum atomic E-state index is 0. The lowest BCUT2D eigenvalue weighted by molar-refractivity contribution is 0.265. The summed E-state index contributed by atoms with van der Waals surface area (Å²) in [5.74, 6) is 2.61. The first-order chi connectivity index (χ1) is 13.1. The fourth-order valence-electron chi connectivity index (χ4n) is 3.67. The van der Waals surface area contributed by atoms with Crippen molar-refractivity contribution in [2.45, 2.75) is 52.6 Å². The molecule has 156 valence electrons. The molecule has 1 fully saturated rings. The second-order valence-electron chi connectivity index (χ2n) is 7.84. The van der Waals surface area contributed by atoms with Gasteiger partial charge in [0, 0.05) is 44.7 Å². The Morgan fingerprint density at radius 2 is 2.11 bits per heavy atom.